The topological polar surface area (TPSA) is 9.23 Å². The van der Waals surface area contributed by atoms with E-state index in [0.717, 1.165) is 21.0 Å². The van der Waals surface area contributed by atoms with Gasteiger partial charge in [0.2, 0.25) is 0 Å². The summed E-state index contributed by atoms with van der Waals surface area (Å²) in [5, 5.41) is 0. The first kappa shape index (κ1) is 15.7. The molecule has 0 aliphatic rings. The fraction of sp³-hybridized carbons (Fsp3) is 0. The minimum absolute atomic E-state index is 0. The monoisotopic (exact) mass is 124 g/mol. The van der Waals surface area contributed by atoms with Crippen molar-refractivity contribution in [1.82, 2.24) is 0 Å². The predicted molar refractivity (Wildman–Crippen MR) is 32.5 cm³/mol. The Bertz CT molecular complexity index is 7.61. The molecule has 0 aromatic heterocycles. The van der Waals surface area contributed by atoms with Crippen LogP contribution < -0.4 is 0 Å². The maximum Gasteiger partial charge on any atom is 0.129 e. The molecule has 0 aromatic carbocycles. The number of hydrogen-bond donors (Lipinski definition) is 0. The van der Waals surface area contributed by atoms with Crippen molar-refractivity contribution >= 4 is 80.1 Å². The van der Waals surface area contributed by atoms with Crippen LogP contribution in [0.5, 0.6) is 0 Å². The van der Waals surface area contributed by atoms with Gasteiger partial charge in [-0.3, -0.25) is 0 Å². The minimum Gasteiger partial charge on any atom is -0.471 e. The van der Waals surface area contributed by atoms with Crippen LogP contribution in [-0.2, 0) is 4.12 Å². The molecule has 0 atom stereocenters. The zero-order valence-electron chi connectivity index (χ0n) is 4.41. The van der Waals surface area contributed by atoms with Gasteiger partial charge < -0.3 is 4.12 Å². The van der Waals surface area contributed by atoms with Gasteiger partial charge in [-0.05, 0) is 0 Å². The second kappa shape index (κ2) is 16.2. The average molecular weight is 124 g/mol. The summed E-state index contributed by atoms with van der Waals surface area (Å²) in [5.74, 6) is 0. The van der Waals surface area contributed by atoms with Crippen molar-refractivity contribution in [2.75, 3.05) is 0 Å². The smallest absolute Gasteiger partial charge is 0.129 e. The van der Waals surface area contributed by atoms with E-state index in [1.165, 1.54) is 0 Å². The molecular formula is H6Na2OSi2. The Balaban J connectivity index is -0.0000000200. The van der Waals surface area contributed by atoms with Crippen molar-refractivity contribution in [3.05, 3.63) is 0 Å². The van der Waals surface area contributed by atoms with E-state index in [9.17, 15) is 0 Å². The molecule has 0 amide bonds. The molecular weight excluding hydrogens is 118 g/mol. The number of hydrogen-bond acceptors (Lipinski definition) is 1. The zero-order chi connectivity index (χ0) is 2.71. The van der Waals surface area contributed by atoms with E-state index in [0.29, 0.717) is 0 Å². The molecule has 5 heavy (non-hydrogen) atoms. The van der Waals surface area contributed by atoms with Gasteiger partial charge in [-0.2, -0.15) is 0 Å². The van der Waals surface area contributed by atoms with Gasteiger partial charge in [0, 0.05) is 59.1 Å². The Morgan fingerprint density at radius 3 is 1.00 bits per heavy atom. The third-order valence-electron chi connectivity index (χ3n) is 0. The Morgan fingerprint density at radius 2 is 1.00 bits per heavy atom. The van der Waals surface area contributed by atoms with Crippen LogP contribution in [0.15, 0.2) is 0 Å². The van der Waals surface area contributed by atoms with Gasteiger partial charge >= 0.3 is 0 Å². The van der Waals surface area contributed by atoms with Crippen LogP contribution in [0.25, 0.3) is 0 Å². The summed E-state index contributed by atoms with van der Waals surface area (Å²) in [6.07, 6.45) is 0. The van der Waals surface area contributed by atoms with Crippen LogP contribution in [0.3, 0.4) is 0 Å². The number of rotatable bonds is 0. The molecule has 0 aromatic rings. The molecule has 0 saturated carbocycles. The van der Waals surface area contributed by atoms with E-state index >= 15 is 0 Å². The van der Waals surface area contributed by atoms with Crippen molar-refractivity contribution in [2.45, 2.75) is 0 Å². The Kier molecular flexibility index (Phi) is 50.6. The minimum atomic E-state index is 0. The van der Waals surface area contributed by atoms with Crippen LogP contribution in [0.4, 0.5) is 0 Å². The van der Waals surface area contributed by atoms with E-state index in [1.807, 2.05) is 0 Å². The SMILES string of the molecule is [Na].[Na].[SiH3]O[SiH3]. The molecule has 22 valence electrons. The Labute approximate surface area is 82.9 Å². The van der Waals surface area contributed by atoms with Crippen molar-refractivity contribution in [3.63, 3.8) is 0 Å². The summed E-state index contributed by atoms with van der Waals surface area (Å²) in [4.78, 5) is 0. The maximum absolute atomic E-state index is 4.53. The van der Waals surface area contributed by atoms with Gasteiger partial charge in [0.25, 0.3) is 0 Å². The summed E-state index contributed by atoms with van der Waals surface area (Å²) in [7, 11) is 1.86. The molecule has 0 spiro atoms. The van der Waals surface area contributed by atoms with Gasteiger partial charge in [0.05, 0.1) is 0 Å². The first-order valence-corrected chi connectivity index (χ1v) is 2.45. The summed E-state index contributed by atoms with van der Waals surface area (Å²) in [6.45, 7) is 0. The summed E-state index contributed by atoms with van der Waals surface area (Å²) < 4.78 is 4.53. The third kappa shape index (κ3) is 21.5. The van der Waals surface area contributed by atoms with E-state index in [-0.39, 0.29) is 59.1 Å². The standard InChI is InChI=1S/2Na.H6OSi2/c;;2-1-3/h;;2-3H3. The first-order chi connectivity index (χ1) is 1.41. The maximum atomic E-state index is 4.53. The Hall–Kier alpha value is 2.39. The second-order valence-corrected chi connectivity index (χ2v) is 3.67. The summed E-state index contributed by atoms with van der Waals surface area (Å²) in [6, 6.07) is 0. The van der Waals surface area contributed by atoms with Crippen LogP contribution in [0.1, 0.15) is 0 Å². The molecule has 0 aliphatic heterocycles. The second-order valence-electron chi connectivity index (χ2n) is 0.408. The van der Waals surface area contributed by atoms with E-state index < -0.39 is 0 Å². The van der Waals surface area contributed by atoms with Crippen molar-refractivity contribution in [1.29, 1.82) is 0 Å². The molecule has 0 rings (SSSR count). The van der Waals surface area contributed by atoms with Crippen LogP contribution in [0.2, 0.25) is 0 Å². The normalized spacial score (nSPS) is 4.80. The average Bonchev–Trinajstić information content (AvgIpc) is 0.918. The first-order valence-electron chi connectivity index (χ1n) is 0.816. The van der Waals surface area contributed by atoms with Crippen molar-refractivity contribution in [2.24, 2.45) is 0 Å². The molecule has 0 N–H and O–H groups in total. The van der Waals surface area contributed by atoms with Gasteiger partial charge in [-0.15, -0.1) is 0 Å². The van der Waals surface area contributed by atoms with Gasteiger partial charge in [0.15, 0.2) is 0 Å². The van der Waals surface area contributed by atoms with Gasteiger partial charge in [-0.1, -0.05) is 0 Å². The third-order valence-corrected chi connectivity index (χ3v) is 0. The zero-order valence-corrected chi connectivity index (χ0v) is 12.4. The van der Waals surface area contributed by atoms with Gasteiger partial charge in [-0.25, -0.2) is 0 Å². The molecule has 0 bridgehead atoms. The van der Waals surface area contributed by atoms with Gasteiger partial charge in [0.1, 0.15) is 21.0 Å². The Morgan fingerprint density at radius 1 is 1.00 bits per heavy atom. The van der Waals surface area contributed by atoms with Crippen LogP contribution in [0, 0.1) is 0 Å². The summed E-state index contributed by atoms with van der Waals surface area (Å²) in [5.41, 5.74) is 0. The van der Waals surface area contributed by atoms with Crippen LogP contribution >= 0.6 is 0 Å². The molecule has 2 radical (unpaired) electrons. The largest absolute Gasteiger partial charge is 0.471 e. The van der Waals surface area contributed by atoms with E-state index in [1.54, 1.807) is 0 Å². The molecule has 5 heteroatoms. The molecule has 1 nitrogen and oxygen atoms in total. The van der Waals surface area contributed by atoms with E-state index in [4.69, 9.17) is 0 Å². The fourth-order valence-corrected chi connectivity index (χ4v) is 0. The predicted octanol–water partition coefficient (Wildman–Crippen LogP) is -3.20. The van der Waals surface area contributed by atoms with E-state index in [2.05, 4.69) is 4.12 Å². The molecule has 0 saturated heterocycles. The van der Waals surface area contributed by atoms with Crippen LogP contribution in [-0.4, -0.2) is 80.1 Å². The quantitative estimate of drug-likeness (QED) is 0.309. The molecule has 0 heterocycles. The molecule has 0 aliphatic carbocycles. The molecule has 0 fully saturated rings. The van der Waals surface area contributed by atoms with Crippen molar-refractivity contribution in [3.8, 4) is 0 Å². The molecule has 0 unspecified atom stereocenters. The fourth-order valence-electron chi connectivity index (χ4n) is 0. The van der Waals surface area contributed by atoms with Crippen molar-refractivity contribution < 1.29 is 4.12 Å². The summed E-state index contributed by atoms with van der Waals surface area (Å²) >= 11 is 0.